The van der Waals surface area contributed by atoms with Crippen LogP contribution in [0.15, 0.2) is 22.7 Å². The molecule has 1 aromatic carbocycles. The third kappa shape index (κ3) is 2.17. The number of hydrogen-bond acceptors (Lipinski definition) is 2. The highest BCUT2D eigenvalue weighted by Gasteiger charge is 2.30. The maximum Gasteiger partial charge on any atom is 0.0995 e. The zero-order chi connectivity index (χ0) is 10.8. The molecule has 1 saturated heterocycles. The Morgan fingerprint density at radius 1 is 1.53 bits per heavy atom. The average molecular weight is 287 g/mol. The fourth-order valence-electron chi connectivity index (χ4n) is 1.76. The van der Waals surface area contributed by atoms with Crippen molar-refractivity contribution in [1.82, 2.24) is 0 Å². The van der Waals surface area contributed by atoms with Crippen LogP contribution in [0.3, 0.4) is 0 Å². The molecule has 0 bridgehead atoms. The number of hydrogen-bond donors (Lipinski definition) is 0. The van der Waals surface area contributed by atoms with E-state index in [1.54, 1.807) is 0 Å². The topological polar surface area (TPSA) is 33.0 Å². The van der Waals surface area contributed by atoms with Crippen LogP contribution in [0.4, 0.5) is 0 Å². The van der Waals surface area contributed by atoms with E-state index < -0.39 is 0 Å². The van der Waals surface area contributed by atoms with Crippen LogP contribution in [0.25, 0.3) is 0 Å². The molecule has 1 heterocycles. The van der Waals surface area contributed by atoms with Gasteiger partial charge in [-0.2, -0.15) is 5.26 Å². The van der Waals surface area contributed by atoms with E-state index in [4.69, 9.17) is 21.6 Å². The summed E-state index contributed by atoms with van der Waals surface area (Å²) in [5, 5.41) is 9.65. The van der Waals surface area contributed by atoms with E-state index in [0.717, 1.165) is 16.5 Å². The highest BCUT2D eigenvalue weighted by Crippen LogP contribution is 2.38. The van der Waals surface area contributed by atoms with E-state index in [1.807, 2.05) is 18.2 Å². The molecule has 2 nitrogen and oxygen atoms in total. The van der Waals surface area contributed by atoms with Gasteiger partial charge in [-0.1, -0.05) is 27.5 Å². The van der Waals surface area contributed by atoms with Gasteiger partial charge in [-0.15, -0.1) is 0 Å². The van der Waals surface area contributed by atoms with Crippen LogP contribution >= 0.6 is 27.5 Å². The van der Waals surface area contributed by atoms with Gasteiger partial charge in [-0.05, 0) is 30.2 Å². The Morgan fingerprint density at radius 2 is 2.33 bits per heavy atom. The van der Waals surface area contributed by atoms with Crippen molar-refractivity contribution in [2.45, 2.75) is 12.5 Å². The lowest BCUT2D eigenvalue weighted by Crippen LogP contribution is -2.06. The van der Waals surface area contributed by atoms with E-state index in [1.165, 1.54) is 0 Å². The van der Waals surface area contributed by atoms with Gasteiger partial charge in [-0.3, -0.25) is 0 Å². The highest BCUT2D eigenvalue weighted by atomic mass is 79.9. The normalized spacial score (nSPS) is 25.1. The predicted octanol–water partition coefficient (Wildman–Crippen LogP) is 3.70. The quantitative estimate of drug-likeness (QED) is 0.788. The maximum atomic E-state index is 8.98. The van der Waals surface area contributed by atoms with Crippen LogP contribution in [0, 0.1) is 17.2 Å². The molecule has 4 heteroatoms. The van der Waals surface area contributed by atoms with E-state index in [9.17, 15) is 0 Å². The number of ether oxygens (including phenoxy) is 1. The van der Waals surface area contributed by atoms with Crippen molar-refractivity contribution in [3.63, 3.8) is 0 Å². The lowest BCUT2D eigenvalue weighted by atomic mass is 9.97. The molecule has 0 aromatic heterocycles. The van der Waals surface area contributed by atoms with Crippen LogP contribution in [0.2, 0.25) is 5.02 Å². The first-order valence-electron chi connectivity index (χ1n) is 4.68. The Bertz CT molecular complexity index is 416. The highest BCUT2D eigenvalue weighted by molar-refractivity contribution is 9.10. The van der Waals surface area contributed by atoms with Gasteiger partial charge >= 0.3 is 0 Å². The van der Waals surface area contributed by atoms with Crippen LogP contribution in [-0.2, 0) is 4.74 Å². The van der Waals surface area contributed by atoms with Gasteiger partial charge in [0.25, 0.3) is 0 Å². The average Bonchev–Trinajstić information content (AvgIpc) is 2.69. The molecule has 0 saturated carbocycles. The number of nitrogens with zero attached hydrogens (tertiary/aromatic N) is 1. The second kappa shape index (κ2) is 4.52. The largest absolute Gasteiger partial charge is 0.372 e. The first-order valence-corrected chi connectivity index (χ1v) is 5.85. The first kappa shape index (κ1) is 10.9. The third-order valence-electron chi connectivity index (χ3n) is 2.52. The first-order chi connectivity index (χ1) is 7.22. The summed E-state index contributed by atoms with van der Waals surface area (Å²) in [4.78, 5) is 0. The molecule has 0 spiro atoms. The van der Waals surface area contributed by atoms with Gasteiger partial charge in [0.05, 0.1) is 18.1 Å². The number of nitriles is 1. The minimum Gasteiger partial charge on any atom is -0.372 e. The Hall–Kier alpha value is -0.560. The van der Waals surface area contributed by atoms with Crippen molar-refractivity contribution in [3.8, 4) is 6.07 Å². The molecule has 2 rings (SSSR count). The Balaban J connectivity index is 2.36. The van der Waals surface area contributed by atoms with Gasteiger partial charge in [-0.25, -0.2) is 0 Å². The van der Waals surface area contributed by atoms with E-state index >= 15 is 0 Å². The summed E-state index contributed by atoms with van der Waals surface area (Å²) in [5.74, 6) is -0.0697. The van der Waals surface area contributed by atoms with E-state index in [0.29, 0.717) is 11.6 Å². The molecule has 1 aliphatic rings. The van der Waals surface area contributed by atoms with Crippen LogP contribution in [-0.4, -0.2) is 6.61 Å². The molecule has 0 N–H and O–H groups in total. The van der Waals surface area contributed by atoms with Gasteiger partial charge in [0.2, 0.25) is 0 Å². The smallest absolute Gasteiger partial charge is 0.0995 e. The summed E-state index contributed by atoms with van der Waals surface area (Å²) in [6, 6.07) is 7.82. The van der Waals surface area contributed by atoms with Gasteiger partial charge in [0.1, 0.15) is 0 Å². The molecule has 78 valence electrons. The van der Waals surface area contributed by atoms with E-state index in [2.05, 4.69) is 22.0 Å². The third-order valence-corrected chi connectivity index (χ3v) is 3.48. The zero-order valence-electron chi connectivity index (χ0n) is 7.91. The molecule has 1 aliphatic heterocycles. The van der Waals surface area contributed by atoms with E-state index in [-0.39, 0.29) is 12.0 Å². The number of benzene rings is 1. The molecule has 2 atom stereocenters. The summed E-state index contributed by atoms with van der Waals surface area (Å²) in [5.41, 5.74) is 0.964. The molecule has 0 aliphatic carbocycles. The molecule has 15 heavy (non-hydrogen) atoms. The summed E-state index contributed by atoms with van der Waals surface area (Å²) >= 11 is 9.38. The summed E-state index contributed by atoms with van der Waals surface area (Å²) in [6.45, 7) is 0.641. The zero-order valence-corrected chi connectivity index (χ0v) is 10.3. The van der Waals surface area contributed by atoms with Crippen LogP contribution in [0.1, 0.15) is 18.1 Å². The van der Waals surface area contributed by atoms with Gasteiger partial charge in [0.15, 0.2) is 0 Å². The van der Waals surface area contributed by atoms with Gasteiger partial charge < -0.3 is 4.74 Å². The summed E-state index contributed by atoms with van der Waals surface area (Å²) in [7, 11) is 0. The van der Waals surface area contributed by atoms with Gasteiger partial charge in [0, 0.05) is 16.1 Å². The van der Waals surface area contributed by atoms with Crippen molar-refractivity contribution in [1.29, 1.82) is 5.26 Å². The standard InChI is InChI=1S/C11H9BrClNO/c12-10-2-1-8(13)5-9(10)11-7(6-14)3-4-15-11/h1-2,5,7,11H,3-4H2. The van der Waals surface area contributed by atoms with Crippen molar-refractivity contribution in [3.05, 3.63) is 33.3 Å². The molecular weight excluding hydrogens is 277 g/mol. The molecule has 0 amide bonds. The monoisotopic (exact) mass is 285 g/mol. The molecule has 0 radical (unpaired) electrons. The minimum atomic E-state index is -0.150. The van der Waals surface area contributed by atoms with Crippen molar-refractivity contribution in [2.24, 2.45) is 5.92 Å². The maximum absolute atomic E-state index is 8.98. The second-order valence-corrected chi connectivity index (χ2v) is 4.77. The molecule has 2 unspecified atom stereocenters. The summed E-state index contributed by atoms with van der Waals surface area (Å²) in [6.07, 6.45) is 0.642. The number of halogens is 2. The Morgan fingerprint density at radius 3 is 3.07 bits per heavy atom. The minimum absolute atomic E-state index is 0.0697. The lowest BCUT2D eigenvalue weighted by Gasteiger charge is -2.15. The molecule has 1 fully saturated rings. The molecular formula is C11H9BrClNO. The fourth-order valence-corrected chi connectivity index (χ4v) is 2.41. The lowest BCUT2D eigenvalue weighted by molar-refractivity contribution is 0.100. The second-order valence-electron chi connectivity index (χ2n) is 3.48. The predicted molar refractivity (Wildman–Crippen MR) is 61.6 cm³/mol. The fraction of sp³-hybridized carbons (Fsp3) is 0.364. The SMILES string of the molecule is N#CC1CCOC1c1cc(Cl)ccc1Br. The Kier molecular flexibility index (Phi) is 3.30. The van der Waals surface area contributed by atoms with Crippen LogP contribution in [0.5, 0.6) is 0 Å². The Labute approximate surface area is 102 Å². The summed E-state index contributed by atoms with van der Waals surface area (Å²) < 4.78 is 6.51. The molecule has 1 aromatic rings. The number of rotatable bonds is 1. The van der Waals surface area contributed by atoms with Crippen molar-refractivity contribution < 1.29 is 4.74 Å². The van der Waals surface area contributed by atoms with Crippen LogP contribution < -0.4 is 0 Å². The van der Waals surface area contributed by atoms with Crippen molar-refractivity contribution >= 4 is 27.5 Å². The van der Waals surface area contributed by atoms with Crippen molar-refractivity contribution in [2.75, 3.05) is 6.61 Å².